The number of amides is 1. The van der Waals surface area contributed by atoms with E-state index >= 15 is 0 Å². The number of carbonyl (C=O) groups is 1. The summed E-state index contributed by atoms with van der Waals surface area (Å²) >= 11 is 0. The maximum absolute atomic E-state index is 12.7. The van der Waals surface area contributed by atoms with Crippen molar-refractivity contribution in [3.8, 4) is 0 Å². The van der Waals surface area contributed by atoms with Crippen molar-refractivity contribution < 1.29 is 18.0 Å². The summed E-state index contributed by atoms with van der Waals surface area (Å²) in [7, 11) is 0. The lowest BCUT2D eigenvalue weighted by atomic mass is 10.1. The van der Waals surface area contributed by atoms with Crippen LogP contribution in [0.15, 0.2) is 0 Å². The van der Waals surface area contributed by atoms with Gasteiger partial charge < -0.3 is 15.2 Å². The Morgan fingerprint density at radius 1 is 1.38 bits per heavy atom. The first-order valence-electron chi connectivity index (χ1n) is 6.80. The van der Waals surface area contributed by atoms with Crippen LogP contribution in [-0.2, 0) is 24.1 Å². The second-order valence-electron chi connectivity index (χ2n) is 5.28. The summed E-state index contributed by atoms with van der Waals surface area (Å²) in [6.45, 7) is 2.84. The Labute approximate surface area is 120 Å². The summed E-state index contributed by atoms with van der Waals surface area (Å²) in [6, 6.07) is 0. The van der Waals surface area contributed by atoms with Crippen LogP contribution in [0.5, 0.6) is 0 Å². The van der Waals surface area contributed by atoms with Crippen LogP contribution in [-0.4, -0.2) is 38.7 Å². The van der Waals surface area contributed by atoms with Gasteiger partial charge in [-0.05, 0) is 18.9 Å². The second-order valence-corrected chi connectivity index (χ2v) is 5.28. The van der Waals surface area contributed by atoms with Gasteiger partial charge in [-0.15, -0.1) is 10.2 Å². The van der Waals surface area contributed by atoms with Crippen molar-refractivity contribution in [2.45, 2.75) is 39.0 Å². The lowest BCUT2D eigenvalue weighted by Gasteiger charge is -2.28. The van der Waals surface area contributed by atoms with E-state index in [1.165, 1.54) is 4.90 Å². The molecule has 1 unspecified atom stereocenters. The van der Waals surface area contributed by atoms with E-state index in [-0.39, 0.29) is 37.3 Å². The van der Waals surface area contributed by atoms with Gasteiger partial charge in [0.1, 0.15) is 0 Å². The molecular weight excluding hydrogens is 287 g/mol. The molecule has 118 valence electrons. The Morgan fingerprint density at radius 3 is 2.71 bits per heavy atom. The lowest BCUT2D eigenvalue weighted by molar-refractivity contribution is -0.148. The summed E-state index contributed by atoms with van der Waals surface area (Å²) in [6.07, 6.45) is -3.50. The van der Waals surface area contributed by atoms with Crippen LogP contribution in [0.4, 0.5) is 13.2 Å². The molecule has 0 saturated carbocycles. The molecule has 1 amide bonds. The average Bonchev–Trinajstić information content (AvgIpc) is 2.87. The van der Waals surface area contributed by atoms with Crippen molar-refractivity contribution in [3.05, 3.63) is 11.6 Å². The van der Waals surface area contributed by atoms with Crippen molar-refractivity contribution in [1.29, 1.82) is 0 Å². The van der Waals surface area contributed by atoms with Gasteiger partial charge in [0.15, 0.2) is 5.82 Å². The third-order valence-electron chi connectivity index (χ3n) is 3.61. The fourth-order valence-corrected chi connectivity index (χ4v) is 2.23. The lowest BCUT2D eigenvalue weighted by Crippen LogP contribution is -2.39. The Balaban J connectivity index is 2.00. The normalized spacial score (nSPS) is 16.7. The molecular formula is C12H18F3N5O. The van der Waals surface area contributed by atoms with Gasteiger partial charge in [-0.1, -0.05) is 6.92 Å². The van der Waals surface area contributed by atoms with Crippen molar-refractivity contribution in [2.24, 2.45) is 11.7 Å². The van der Waals surface area contributed by atoms with Crippen molar-refractivity contribution in [1.82, 2.24) is 19.7 Å². The molecule has 2 heterocycles. The highest BCUT2D eigenvalue weighted by Crippen LogP contribution is 2.29. The van der Waals surface area contributed by atoms with Crippen LogP contribution >= 0.6 is 0 Å². The molecule has 0 saturated heterocycles. The number of nitrogens with two attached hydrogens (primary N) is 1. The molecule has 2 rings (SSSR count). The highest BCUT2D eigenvalue weighted by atomic mass is 19.4. The van der Waals surface area contributed by atoms with Crippen LogP contribution in [0.3, 0.4) is 0 Å². The van der Waals surface area contributed by atoms with Crippen molar-refractivity contribution >= 4 is 5.91 Å². The number of fused-ring (bicyclic) bond motifs is 1. The Hall–Kier alpha value is -1.64. The largest absolute Gasteiger partial charge is 0.451 e. The van der Waals surface area contributed by atoms with Crippen LogP contribution in [0.1, 0.15) is 31.4 Å². The molecule has 1 atom stereocenters. The third-order valence-corrected chi connectivity index (χ3v) is 3.61. The predicted molar refractivity (Wildman–Crippen MR) is 67.9 cm³/mol. The SMILES string of the molecule is CC(CN)CCC(=O)N1CCn2c(nnc2C(F)(F)F)C1. The molecule has 6 nitrogen and oxygen atoms in total. The van der Waals surface area contributed by atoms with Crippen LogP contribution < -0.4 is 5.73 Å². The van der Waals surface area contributed by atoms with Crippen LogP contribution in [0, 0.1) is 5.92 Å². The highest BCUT2D eigenvalue weighted by Gasteiger charge is 2.39. The second kappa shape index (κ2) is 6.00. The first-order valence-corrected chi connectivity index (χ1v) is 6.80. The summed E-state index contributed by atoms with van der Waals surface area (Å²) < 4.78 is 39.1. The fraction of sp³-hybridized carbons (Fsp3) is 0.750. The van der Waals surface area contributed by atoms with E-state index in [1.807, 2.05) is 6.92 Å². The molecule has 0 aromatic carbocycles. The van der Waals surface area contributed by atoms with E-state index in [1.54, 1.807) is 0 Å². The molecule has 1 aromatic heterocycles. The zero-order valence-electron chi connectivity index (χ0n) is 11.7. The van der Waals surface area contributed by atoms with E-state index < -0.39 is 12.0 Å². The number of alkyl halides is 3. The summed E-state index contributed by atoms with van der Waals surface area (Å²) in [5.74, 6) is -0.660. The quantitative estimate of drug-likeness (QED) is 0.901. The standard InChI is InChI=1S/C12H18F3N5O/c1-8(6-16)2-3-10(21)19-4-5-20-9(7-19)17-18-11(20)12(13,14)15/h8H,2-7,16H2,1H3. The van der Waals surface area contributed by atoms with E-state index in [0.29, 0.717) is 19.4 Å². The highest BCUT2D eigenvalue weighted by molar-refractivity contribution is 5.76. The first kappa shape index (κ1) is 15.7. The fourth-order valence-electron chi connectivity index (χ4n) is 2.23. The maximum Gasteiger partial charge on any atom is 0.451 e. The molecule has 1 aliphatic rings. The molecule has 0 bridgehead atoms. The average molecular weight is 305 g/mol. The number of nitrogens with zero attached hydrogens (tertiary/aromatic N) is 4. The Bertz CT molecular complexity index is 513. The molecule has 0 radical (unpaired) electrons. The Kier molecular flexibility index (Phi) is 4.50. The molecule has 1 aromatic rings. The van der Waals surface area contributed by atoms with Gasteiger partial charge in [-0.25, -0.2) is 0 Å². The summed E-state index contributed by atoms with van der Waals surface area (Å²) in [4.78, 5) is 13.6. The number of hydrogen-bond donors (Lipinski definition) is 1. The van der Waals surface area contributed by atoms with E-state index in [0.717, 1.165) is 4.57 Å². The van der Waals surface area contributed by atoms with Gasteiger partial charge in [0, 0.05) is 19.5 Å². The first-order chi connectivity index (χ1) is 9.82. The molecule has 0 spiro atoms. The van der Waals surface area contributed by atoms with Gasteiger partial charge in [0.2, 0.25) is 11.7 Å². The predicted octanol–water partition coefficient (Wildman–Crippen LogP) is 1.01. The summed E-state index contributed by atoms with van der Waals surface area (Å²) in [5, 5.41) is 6.73. The topological polar surface area (TPSA) is 77.0 Å². The number of rotatable bonds is 4. The zero-order valence-corrected chi connectivity index (χ0v) is 11.7. The third kappa shape index (κ3) is 3.52. The number of hydrogen-bond acceptors (Lipinski definition) is 4. The number of carbonyl (C=O) groups excluding carboxylic acids is 1. The van der Waals surface area contributed by atoms with Gasteiger partial charge >= 0.3 is 6.18 Å². The molecule has 1 aliphatic heterocycles. The van der Waals surface area contributed by atoms with Crippen molar-refractivity contribution in [3.63, 3.8) is 0 Å². The zero-order chi connectivity index (χ0) is 15.6. The van der Waals surface area contributed by atoms with E-state index in [4.69, 9.17) is 5.73 Å². The minimum Gasteiger partial charge on any atom is -0.333 e. The Morgan fingerprint density at radius 2 is 2.10 bits per heavy atom. The molecule has 0 aliphatic carbocycles. The van der Waals surface area contributed by atoms with Crippen molar-refractivity contribution in [2.75, 3.05) is 13.1 Å². The van der Waals surface area contributed by atoms with E-state index in [2.05, 4.69) is 10.2 Å². The molecule has 0 fully saturated rings. The summed E-state index contributed by atoms with van der Waals surface area (Å²) in [5.41, 5.74) is 5.49. The maximum atomic E-state index is 12.7. The smallest absolute Gasteiger partial charge is 0.333 e. The minimum atomic E-state index is -4.52. The van der Waals surface area contributed by atoms with Gasteiger partial charge in [0.25, 0.3) is 0 Å². The molecule has 2 N–H and O–H groups in total. The van der Waals surface area contributed by atoms with E-state index in [9.17, 15) is 18.0 Å². The molecule has 9 heteroatoms. The molecule has 21 heavy (non-hydrogen) atoms. The number of halogens is 3. The number of aromatic nitrogens is 3. The van der Waals surface area contributed by atoms with Gasteiger partial charge in [0.05, 0.1) is 6.54 Å². The van der Waals surface area contributed by atoms with Crippen LogP contribution in [0.2, 0.25) is 0 Å². The van der Waals surface area contributed by atoms with Gasteiger partial charge in [-0.3, -0.25) is 4.79 Å². The van der Waals surface area contributed by atoms with Gasteiger partial charge in [-0.2, -0.15) is 13.2 Å². The monoisotopic (exact) mass is 305 g/mol. The minimum absolute atomic E-state index is 0.0648. The van der Waals surface area contributed by atoms with Crippen LogP contribution in [0.25, 0.3) is 0 Å².